The van der Waals surface area contributed by atoms with E-state index in [1.165, 1.54) is 12.1 Å². The number of halogens is 1. The van der Waals surface area contributed by atoms with Crippen LogP contribution in [0.25, 0.3) is 0 Å². The highest BCUT2D eigenvalue weighted by atomic mass is 19.1. The molecule has 0 aliphatic carbocycles. The predicted molar refractivity (Wildman–Crippen MR) is 69.3 cm³/mol. The lowest BCUT2D eigenvalue weighted by molar-refractivity contribution is 0.627. The fourth-order valence-corrected chi connectivity index (χ4v) is 1.64. The van der Waals surface area contributed by atoms with Gasteiger partial charge in [-0.25, -0.2) is 4.39 Å². The Bertz CT molecular complexity index is 506. The second kappa shape index (κ2) is 4.87. The highest BCUT2D eigenvalue weighted by molar-refractivity contribution is 5.66. The quantitative estimate of drug-likeness (QED) is 0.794. The van der Waals surface area contributed by atoms with Crippen molar-refractivity contribution >= 4 is 11.4 Å². The van der Waals surface area contributed by atoms with E-state index in [9.17, 15) is 4.39 Å². The van der Waals surface area contributed by atoms with Crippen molar-refractivity contribution in [3.05, 3.63) is 59.4 Å². The van der Waals surface area contributed by atoms with Gasteiger partial charge in [0.25, 0.3) is 0 Å². The minimum absolute atomic E-state index is 0.219. The number of nitrogens with two attached hydrogens (primary N) is 1. The van der Waals surface area contributed by atoms with E-state index in [-0.39, 0.29) is 5.82 Å². The first-order chi connectivity index (χ1) is 8.15. The van der Waals surface area contributed by atoms with Crippen LogP contribution in [0.1, 0.15) is 11.1 Å². The molecule has 0 aliphatic heterocycles. The molecule has 2 nitrogen and oxygen atoms in total. The van der Waals surface area contributed by atoms with Crippen LogP contribution in [-0.4, -0.2) is 0 Å². The predicted octanol–water partition coefficient (Wildman–Crippen LogP) is 3.33. The topological polar surface area (TPSA) is 38.0 Å². The van der Waals surface area contributed by atoms with Crippen molar-refractivity contribution in [2.24, 2.45) is 0 Å². The Labute approximate surface area is 100 Å². The van der Waals surface area contributed by atoms with E-state index in [1.54, 1.807) is 12.1 Å². The molecule has 0 aliphatic rings. The van der Waals surface area contributed by atoms with Crippen LogP contribution in [0.5, 0.6) is 0 Å². The summed E-state index contributed by atoms with van der Waals surface area (Å²) in [5.74, 6) is -0.219. The smallest absolute Gasteiger partial charge is 0.123 e. The van der Waals surface area contributed by atoms with Crippen molar-refractivity contribution in [2.75, 3.05) is 11.1 Å². The molecule has 2 aromatic carbocycles. The number of anilines is 2. The lowest BCUT2D eigenvalue weighted by Crippen LogP contribution is -2.02. The Hall–Kier alpha value is -2.03. The van der Waals surface area contributed by atoms with E-state index in [0.29, 0.717) is 6.54 Å². The van der Waals surface area contributed by atoms with Gasteiger partial charge in [-0.2, -0.15) is 0 Å². The molecule has 88 valence electrons. The van der Waals surface area contributed by atoms with Gasteiger partial charge in [0.05, 0.1) is 11.4 Å². The fraction of sp³-hybridized carbons (Fsp3) is 0.143. The number of aryl methyl sites for hydroxylation is 1. The molecule has 0 fully saturated rings. The number of benzene rings is 2. The highest BCUT2D eigenvalue weighted by Crippen LogP contribution is 2.20. The van der Waals surface area contributed by atoms with E-state index in [0.717, 1.165) is 22.5 Å². The van der Waals surface area contributed by atoms with Gasteiger partial charge in [0.1, 0.15) is 5.82 Å². The number of nitrogens with one attached hydrogen (secondary N) is 1. The molecule has 2 rings (SSSR count). The maximum absolute atomic E-state index is 12.7. The summed E-state index contributed by atoms with van der Waals surface area (Å²) in [4.78, 5) is 0. The minimum atomic E-state index is -0.219. The summed E-state index contributed by atoms with van der Waals surface area (Å²) >= 11 is 0. The summed E-state index contributed by atoms with van der Waals surface area (Å²) in [6.45, 7) is 2.63. The lowest BCUT2D eigenvalue weighted by Gasteiger charge is -2.10. The Morgan fingerprint density at radius 2 is 1.82 bits per heavy atom. The molecule has 0 saturated carbocycles. The summed E-state index contributed by atoms with van der Waals surface area (Å²) in [5.41, 5.74) is 9.67. The van der Waals surface area contributed by atoms with Crippen molar-refractivity contribution in [1.82, 2.24) is 0 Å². The second-order valence-electron chi connectivity index (χ2n) is 4.07. The van der Waals surface area contributed by atoms with Gasteiger partial charge in [-0.3, -0.25) is 0 Å². The van der Waals surface area contributed by atoms with Gasteiger partial charge in [-0.1, -0.05) is 18.2 Å². The fourth-order valence-electron chi connectivity index (χ4n) is 1.64. The van der Waals surface area contributed by atoms with Crippen LogP contribution in [0, 0.1) is 12.7 Å². The Balaban J connectivity index is 2.04. The molecule has 0 heterocycles. The van der Waals surface area contributed by atoms with Crippen LogP contribution in [0.3, 0.4) is 0 Å². The van der Waals surface area contributed by atoms with E-state index >= 15 is 0 Å². The third-order valence-corrected chi connectivity index (χ3v) is 2.60. The van der Waals surface area contributed by atoms with Gasteiger partial charge in [0.2, 0.25) is 0 Å². The SMILES string of the molecule is Cc1ccc(NCc2ccc(F)cc2)c(N)c1. The van der Waals surface area contributed by atoms with E-state index in [4.69, 9.17) is 5.73 Å². The lowest BCUT2D eigenvalue weighted by atomic mass is 10.1. The first-order valence-electron chi connectivity index (χ1n) is 5.49. The Morgan fingerprint density at radius 3 is 2.47 bits per heavy atom. The molecule has 0 bridgehead atoms. The number of hydrogen-bond acceptors (Lipinski definition) is 2. The molecule has 0 radical (unpaired) electrons. The molecular weight excluding hydrogens is 215 g/mol. The average molecular weight is 230 g/mol. The molecule has 0 saturated heterocycles. The zero-order valence-corrected chi connectivity index (χ0v) is 9.70. The van der Waals surface area contributed by atoms with Crippen LogP contribution < -0.4 is 11.1 Å². The third kappa shape index (κ3) is 2.97. The van der Waals surface area contributed by atoms with Gasteiger partial charge >= 0.3 is 0 Å². The van der Waals surface area contributed by atoms with Gasteiger partial charge in [-0.05, 0) is 42.3 Å². The van der Waals surface area contributed by atoms with Crippen molar-refractivity contribution < 1.29 is 4.39 Å². The van der Waals surface area contributed by atoms with Gasteiger partial charge < -0.3 is 11.1 Å². The molecule has 0 amide bonds. The zero-order chi connectivity index (χ0) is 12.3. The van der Waals surface area contributed by atoms with Gasteiger partial charge in [0.15, 0.2) is 0 Å². The first-order valence-corrected chi connectivity index (χ1v) is 5.49. The monoisotopic (exact) mass is 230 g/mol. The molecule has 3 N–H and O–H groups in total. The highest BCUT2D eigenvalue weighted by Gasteiger charge is 1.99. The van der Waals surface area contributed by atoms with Crippen molar-refractivity contribution in [1.29, 1.82) is 0 Å². The largest absolute Gasteiger partial charge is 0.397 e. The van der Waals surface area contributed by atoms with Crippen LogP contribution in [0.15, 0.2) is 42.5 Å². The number of rotatable bonds is 3. The summed E-state index contributed by atoms with van der Waals surface area (Å²) < 4.78 is 12.7. The van der Waals surface area contributed by atoms with Crippen LogP contribution in [0.4, 0.5) is 15.8 Å². The molecule has 2 aromatic rings. The maximum atomic E-state index is 12.7. The third-order valence-electron chi connectivity index (χ3n) is 2.60. The molecule has 0 aromatic heterocycles. The molecule has 0 spiro atoms. The van der Waals surface area contributed by atoms with E-state index in [1.807, 2.05) is 25.1 Å². The van der Waals surface area contributed by atoms with Crippen LogP contribution >= 0.6 is 0 Å². The number of hydrogen-bond donors (Lipinski definition) is 2. The van der Waals surface area contributed by atoms with Crippen LogP contribution in [-0.2, 0) is 6.54 Å². The zero-order valence-electron chi connectivity index (χ0n) is 9.70. The molecule has 17 heavy (non-hydrogen) atoms. The molecule has 3 heteroatoms. The second-order valence-corrected chi connectivity index (χ2v) is 4.07. The van der Waals surface area contributed by atoms with Crippen LogP contribution in [0.2, 0.25) is 0 Å². The van der Waals surface area contributed by atoms with E-state index in [2.05, 4.69) is 5.32 Å². The average Bonchev–Trinajstić information content (AvgIpc) is 2.30. The molecule has 0 atom stereocenters. The maximum Gasteiger partial charge on any atom is 0.123 e. The number of nitrogen functional groups attached to an aromatic ring is 1. The summed E-state index contributed by atoms with van der Waals surface area (Å²) in [6.07, 6.45) is 0. The summed E-state index contributed by atoms with van der Waals surface area (Å²) in [6, 6.07) is 12.3. The standard InChI is InChI=1S/C14H15FN2/c1-10-2-7-14(13(16)8-10)17-9-11-3-5-12(15)6-4-11/h2-8,17H,9,16H2,1H3. The van der Waals surface area contributed by atoms with Crippen molar-refractivity contribution in [3.63, 3.8) is 0 Å². The first kappa shape index (κ1) is 11.5. The molecule has 0 unspecified atom stereocenters. The normalized spacial score (nSPS) is 10.2. The van der Waals surface area contributed by atoms with Crippen molar-refractivity contribution in [2.45, 2.75) is 13.5 Å². The van der Waals surface area contributed by atoms with Gasteiger partial charge in [0, 0.05) is 6.54 Å². The molecular formula is C14H15FN2. The Kier molecular flexibility index (Phi) is 3.28. The van der Waals surface area contributed by atoms with E-state index < -0.39 is 0 Å². The summed E-state index contributed by atoms with van der Waals surface area (Å²) in [5, 5.41) is 3.23. The van der Waals surface area contributed by atoms with Gasteiger partial charge in [-0.15, -0.1) is 0 Å². The van der Waals surface area contributed by atoms with Crippen molar-refractivity contribution in [3.8, 4) is 0 Å². The summed E-state index contributed by atoms with van der Waals surface area (Å²) in [7, 11) is 0. The Morgan fingerprint density at radius 1 is 1.12 bits per heavy atom. The minimum Gasteiger partial charge on any atom is -0.397 e.